The zero-order valence-corrected chi connectivity index (χ0v) is 37.9. The van der Waals surface area contributed by atoms with Crippen molar-refractivity contribution in [1.29, 1.82) is 5.26 Å². The number of fused-ring (bicyclic) bond motifs is 7. The Bertz CT molecular complexity index is 2050. The van der Waals surface area contributed by atoms with Crippen LogP contribution in [0.2, 0.25) is 0 Å². The number of carboxylic acids is 1. The second kappa shape index (κ2) is 15.2. The van der Waals surface area contributed by atoms with E-state index in [9.17, 15) is 19.4 Å². The molecule has 0 amide bonds. The molecule has 322 valence electrons. The molecule has 8 rings (SSSR count). The number of carboxylic acid groups (broad SMARTS) is 1. The summed E-state index contributed by atoms with van der Waals surface area (Å²) in [5, 5.41) is 24.3. The molecule has 1 saturated heterocycles. The highest BCUT2D eigenvalue weighted by Gasteiger charge is 2.70. The average molecular weight is 825 g/mol. The molecule has 2 heterocycles. The summed E-state index contributed by atoms with van der Waals surface area (Å²) in [5.41, 5.74) is 4.29. The zero-order valence-electron chi connectivity index (χ0n) is 37.0. The van der Waals surface area contributed by atoms with E-state index in [0.717, 1.165) is 44.1 Å². The first-order valence-electron chi connectivity index (χ1n) is 22.9. The molecule has 0 radical (unpaired) electrons. The van der Waals surface area contributed by atoms with Gasteiger partial charge in [0.15, 0.2) is 0 Å². The molecule has 0 spiro atoms. The van der Waals surface area contributed by atoms with E-state index in [1.54, 1.807) is 18.3 Å². The van der Waals surface area contributed by atoms with Crippen LogP contribution in [0, 0.1) is 68.0 Å². The molecule has 4 saturated carbocycles. The van der Waals surface area contributed by atoms with Gasteiger partial charge in [-0.25, -0.2) is 4.98 Å². The van der Waals surface area contributed by atoms with Crippen molar-refractivity contribution in [3.05, 3.63) is 59.3 Å². The van der Waals surface area contributed by atoms with Crippen molar-refractivity contribution >= 4 is 21.4 Å². The fourth-order valence-corrected chi connectivity index (χ4v) is 16.8. The van der Waals surface area contributed by atoms with Gasteiger partial charge in [0.05, 0.1) is 0 Å². The van der Waals surface area contributed by atoms with Crippen LogP contribution in [0.1, 0.15) is 124 Å². The van der Waals surface area contributed by atoms with Crippen LogP contribution in [-0.4, -0.2) is 80.9 Å². The van der Waals surface area contributed by atoms with Gasteiger partial charge in [-0.2, -0.15) is 5.26 Å². The van der Waals surface area contributed by atoms with Crippen molar-refractivity contribution in [2.45, 2.75) is 124 Å². The molecule has 1 aliphatic heterocycles. The summed E-state index contributed by atoms with van der Waals surface area (Å²) in [7, 11) is -1.88. The van der Waals surface area contributed by atoms with Crippen LogP contribution >= 0.6 is 0 Å². The Balaban J connectivity index is 1.01. The van der Waals surface area contributed by atoms with Gasteiger partial charge in [-0.1, -0.05) is 58.9 Å². The first kappa shape index (κ1) is 42.7. The van der Waals surface area contributed by atoms with Crippen LogP contribution in [0.15, 0.2) is 53.8 Å². The molecule has 6 aliphatic carbocycles. The molecule has 8 nitrogen and oxygen atoms in total. The number of aliphatic carboxylic acids is 1. The van der Waals surface area contributed by atoms with Crippen molar-refractivity contribution in [2.75, 3.05) is 44.3 Å². The fraction of sp³-hybridized carbons (Fsp3) is 0.720. The first-order valence-corrected chi connectivity index (χ1v) is 25.0. The number of allylic oxidation sites excluding steroid dienone is 5. The predicted molar refractivity (Wildman–Crippen MR) is 239 cm³/mol. The second-order valence-electron chi connectivity index (χ2n) is 21.8. The summed E-state index contributed by atoms with van der Waals surface area (Å²) < 4.78 is 18.5. The molecule has 7 aliphatic rings. The number of pyridine rings is 1. The quantitative estimate of drug-likeness (QED) is 0.178. The predicted octanol–water partition coefficient (Wildman–Crippen LogP) is 9.08. The molecule has 2 N–H and O–H groups in total. The van der Waals surface area contributed by atoms with Gasteiger partial charge in [0.25, 0.3) is 0 Å². The Kier molecular flexibility index (Phi) is 11.0. The summed E-state index contributed by atoms with van der Waals surface area (Å²) in [5.74, 6) is 7.89. The SMILES string of the molecule is C=C(C)[C@@H]1CC[C@]2(NCCN3CCS(=C)(=O)CC3)CC[C@]3(C)[C@H](CC[C@@H]4[C@@]5(C)CC=C(C6=CC[C@](COc7ncccc7C#N)(C(=O)O)CC6)C(C)(C)[C@@H]5CC[C@]43C)[C@@H]12. The van der Waals surface area contributed by atoms with E-state index >= 15 is 0 Å². The van der Waals surface area contributed by atoms with E-state index < -0.39 is 20.9 Å². The Morgan fingerprint density at radius 1 is 1.02 bits per heavy atom. The third-order valence-electron chi connectivity index (χ3n) is 18.9. The molecule has 1 aromatic rings. The first-order chi connectivity index (χ1) is 27.8. The average Bonchev–Trinajstić information content (AvgIpc) is 3.58. The minimum atomic E-state index is -1.88. The summed E-state index contributed by atoms with van der Waals surface area (Å²) in [6.45, 7) is 23.8. The van der Waals surface area contributed by atoms with Crippen LogP contribution in [0.3, 0.4) is 0 Å². The topological polar surface area (TPSA) is 116 Å². The molecule has 0 unspecified atom stereocenters. The molecular weight excluding hydrogens is 753 g/mol. The number of carbonyl (C=O) groups is 1. The highest BCUT2D eigenvalue weighted by Crippen LogP contribution is 2.76. The van der Waals surface area contributed by atoms with Gasteiger partial charge in [0, 0.05) is 49.4 Å². The normalized spacial score (nSPS) is 41.1. The lowest BCUT2D eigenvalue weighted by atomic mass is 9.33. The maximum Gasteiger partial charge on any atom is 0.313 e. The van der Waals surface area contributed by atoms with Crippen LogP contribution in [0.5, 0.6) is 5.88 Å². The molecule has 9 heteroatoms. The van der Waals surface area contributed by atoms with E-state index in [1.165, 1.54) is 68.1 Å². The summed E-state index contributed by atoms with van der Waals surface area (Å²) >= 11 is 0. The Labute approximate surface area is 355 Å². The third-order valence-corrected chi connectivity index (χ3v) is 20.8. The van der Waals surface area contributed by atoms with Crippen molar-refractivity contribution in [3.63, 3.8) is 0 Å². The monoisotopic (exact) mass is 825 g/mol. The molecule has 10 atom stereocenters. The Morgan fingerprint density at radius 3 is 2.46 bits per heavy atom. The van der Waals surface area contributed by atoms with Crippen LogP contribution in [0.25, 0.3) is 0 Å². The number of rotatable bonds is 10. The van der Waals surface area contributed by atoms with Gasteiger partial charge in [-0.05, 0) is 174 Å². The van der Waals surface area contributed by atoms with E-state index in [1.807, 2.05) is 0 Å². The lowest BCUT2D eigenvalue weighted by molar-refractivity contribution is -0.221. The van der Waals surface area contributed by atoms with Crippen LogP contribution in [-0.2, 0) is 14.3 Å². The maximum atomic E-state index is 12.8. The highest BCUT2D eigenvalue weighted by atomic mass is 32.2. The van der Waals surface area contributed by atoms with Crippen LogP contribution in [0.4, 0.5) is 0 Å². The zero-order chi connectivity index (χ0) is 42.2. The lowest BCUT2D eigenvalue weighted by Crippen LogP contribution is -2.68. The van der Waals surface area contributed by atoms with E-state index in [-0.39, 0.29) is 39.7 Å². The Morgan fingerprint density at radius 2 is 1.78 bits per heavy atom. The minimum absolute atomic E-state index is 0.00734. The third kappa shape index (κ3) is 6.89. The molecule has 0 bridgehead atoms. The smallest absolute Gasteiger partial charge is 0.313 e. The van der Waals surface area contributed by atoms with Crippen molar-refractivity contribution in [1.82, 2.24) is 15.2 Å². The lowest BCUT2D eigenvalue weighted by Gasteiger charge is -2.72. The van der Waals surface area contributed by atoms with Gasteiger partial charge >= 0.3 is 5.97 Å². The number of nitriles is 1. The number of ether oxygens (including phenoxy) is 1. The summed E-state index contributed by atoms with van der Waals surface area (Å²) in [4.78, 5) is 19.5. The molecular formula is C50H72N4O4S. The number of hydrogen-bond donors (Lipinski definition) is 2. The second-order valence-corrected chi connectivity index (χ2v) is 24.6. The van der Waals surface area contributed by atoms with Crippen molar-refractivity contribution in [2.24, 2.45) is 56.7 Å². The fourth-order valence-electron chi connectivity index (χ4n) is 15.4. The molecule has 1 aromatic heterocycles. The number of nitrogens with zero attached hydrogens (tertiary/aromatic N) is 3. The molecule has 59 heavy (non-hydrogen) atoms. The summed E-state index contributed by atoms with van der Waals surface area (Å²) in [6, 6.07) is 5.45. The van der Waals surface area contributed by atoms with Crippen molar-refractivity contribution < 1.29 is 18.8 Å². The van der Waals surface area contributed by atoms with Gasteiger partial charge in [-0.15, -0.1) is 0 Å². The highest BCUT2D eigenvalue weighted by molar-refractivity contribution is 8.00. The van der Waals surface area contributed by atoms with E-state index in [0.29, 0.717) is 54.4 Å². The van der Waals surface area contributed by atoms with Crippen LogP contribution < -0.4 is 10.1 Å². The maximum absolute atomic E-state index is 12.8. The molecule has 0 aromatic carbocycles. The minimum Gasteiger partial charge on any atom is -0.481 e. The van der Waals surface area contributed by atoms with E-state index in [4.69, 9.17) is 4.74 Å². The van der Waals surface area contributed by atoms with Gasteiger partial charge < -0.3 is 20.1 Å². The van der Waals surface area contributed by atoms with E-state index in [2.05, 4.69) is 87.4 Å². The van der Waals surface area contributed by atoms with Gasteiger partial charge in [0.1, 0.15) is 23.7 Å². The number of hydrogen-bond acceptors (Lipinski definition) is 7. The van der Waals surface area contributed by atoms with Crippen molar-refractivity contribution in [3.8, 4) is 11.9 Å². The number of nitrogens with one attached hydrogen (secondary N) is 1. The van der Waals surface area contributed by atoms with Gasteiger partial charge in [-0.3, -0.25) is 9.00 Å². The summed E-state index contributed by atoms with van der Waals surface area (Å²) in [6.07, 6.45) is 19.2. The standard InChI is InChI=1S/C50H72N4O4S/c1-34(2)37-15-22-50(53-26-27-54-28-30-59(8,57)31-29-54)24-23-47(6)39(42(37)50)11-12-41-46(5)18-16-38(45(3,4)40(46)17-19-48(41,47)7)35-13-20-49(21-14-35,44(55)56)33-58-43-36(32-51)10-9-25-52-43/h9-10,13,16,25,37,39-42,53H,1,8,11-12,14-15,17-24,26-31,33H2,2-7H3,(H,55,56)/t37-,39+,40-,41+,42+,46-,47+,48+,49-,50-/m0/s1. The largest absolute Gasteiger partial charge is 0.481 e. The van der Waals surface area contributed by atoms with Gasteiger partial charge in [0.2, 0.25) is 5.88 Å². The Hall–Kier alpha value is -2.93. The molecule has 5 fully saturated rings. The number of aromatic nitrogens is 1.